The number of hydrogen-bond acceptors (Lipinski definition) is 6. The Hall–Kier alpha value is -2.16. The van der Waals surface area contributed by atoms with E-state index in [-0.39, 0.29) is 24.6 Å². The Labute approximate surface area is 163 Å². The third-order valence-corrected chi connectivity index (χ3v) is 4.80. The number of allylic oxidation sites excluding steroid dienone is 1. The van der Waals surface area contributed by atoms with Gasteiger partial charge in [0.05, 0.1) is 6.54 Å². The molecule has 0 saturated carbocycles. The largest absolute Gasteiger partial charge is 0.461 e. The van der Waals surface area contributed by atoms with Crippen molar-refractivity contribution in [2.75, 3.05) is 26.0 Å². The molecule has 1 aromatic rings. The van der Waals surface area contributed by atoms with E-state index in [1.54, 1.807) is 6.92 Å². The van der Waals surface area contributed by atoms with Crippen LogP contribution in [-0.4, -0.2) is 60.2 Å². The summed E-state index contributed by atoms with van der Waals surface area (Å²) >= 11 is 1.48. The number of amides is 2. The second-order valence-electron chi connectivity index (χ2n) is 6.14. The number of benzene rings is 1. The van der Waals surface area contributed by atoms with Crippen molar-refractivity contribution in [3.8, 4) is 0 Å². The molecule has 1 aliphatic rings. The van der Waals surface area contributed by atoms with Gasteiger partial charge in [-0.3, -0.25) is 9.69 Å². The Balaban J connectivity index is 1.66. The smallest absolute Gasteiger partial charge is 0.343 e. The molecule has 2 amide bonds. The maximum atomic E-state index is 12.0. The summed E-state index contributed by atoms with van der Waals surface area (Å²) in [5.41, 5.74) is 1.36. The molecule has 2 unspecified atom stereocenters. The summed E-state index contributed by atoms with van der Waals surface area (Å²) in [6.07, 6.45) is 1.05. The van der Waals surface area contributed by atoms with Crippen LogP contribution >= 0.6 is 11.8 Å². The van der Waals surface area contributed by atoms with Crippen molar-refractivity contribution < 1.29 is 19.1 Å². The van der Waals surface area contributed by atoms with Gasteiger partial charge in [-0.25, -0.2) is 4.79 Å². The Bertz CT molecular complexity index is 681. The fraction of sp³-hybridized carbons (Fsp3) is 0.421. The molecule has 0 aromatic heterocycles. The van der Waals surface area contributed by atoms with Crippen LogP contribution in [0.2, 0.25) is 0 Å². The van der Waals surface area contributed by atoms with Crippen LogP contribution < -0.4 is 5.32 Å². The summed E-state index contributed by atoms with van der Waals surface area (Å²) in [5, 5.41) is 2.66. The number of esters is 1. The van der Waals surface area contributed by atoms with E-state index in [0.29, 0.717) is 18.0 Å². The molecular formula is C19H25N3O4S. The summed E-state index contributed by atoms with van der Waals surface area (Å²) in [5.74, 6) is 0.265. The topological polar surface area (TPSA) is 80.2 Å². The van der Waals surface area contributed by atoms with E-state index >= 15 is 0 Å². The van der Waals surface area contributed by atoms with Crippen LogP contribution in [0.25, 0.3) is 0 Å². The second kappa shape index (κ2) is 10.9. The second-order valence-corrected chi connectivity index (χ2v) is 7.33. The molecule has 1 aromatic carbocycles. The number of ether oxygens (including phenoxy) is 2. The summed E-state index contributed by atoms with van der Waals surface area (Å²) < 4.78 is 10.9. The number of carbonyl (C=O) groups excluding carboxylic acids is 2. The summed E-state index contributed by atoms with van der Waals surface area (Å²) in [4.78, 5) is 29.4. The average molecular weight is 391 g/mol. The van der Waals surface area contributed by atoms with Crippen LogP contribution in [0.15, 0.2) is 48.0 Å². The minimum Gasteiger partial charge on any atom is -0.461 e. The number of hydrogen-bond donors (Lipinski definition) is 1. The van der Waals surface area contributed by atoms with Crippen LogP contribution in [0, 0.1) is 0 Å². The summed E-state index contributed by atoms with van der Waals surface area (Å²) in [6.45, 7) is 6.24. The molecule has 0 spiro atoms. The molecular weight excluding hydrogens is 366 g/mol. The average Bonchev–Trinajstić information content (AvgIpc) is 3.07. The van der Waals surface area contributed by atoms with Crippen molar-refractivity contribution >= 4 is 29.5 Å². The van der Waals surface area contributed by atoms with Gasteiger partial charge in [-0.1, -0.05) is 36.9 Å². The van der Waals surface area contributed by atoms with Crippen LogP contribution in [-0.2, 0) is 20.8 Å². The number of aliphatic imine (C=N–C) groups is 1. The van der Waals surface area contributed by atoms with E-state index in [2.05, 4.69) is 16.9 Å². The lowest BCUT2D eigenvalue weighted by Gasteiger charge is -2.17. The Morgan fingerprint density at radius 2 is 2.19 bits per heavy atom. The standard InChI is InChI=1S/C19H25N3O4S/c1-4-14(2)20-19(24)21-16-13-27-18(26-16)12-25-17(23)11-22(3)10-15-8-6-5-7-9-15/h4-9,16,18H,1,10-13H2,2-3H3,(H,21,24). The lowest BCUT2D eigenvalue weighted by molar-refractivity contribution is -0.147. The van der Waals surface area contributed by atoms with E-state index < -0.39 is 12.3 Å². The zero-order valence-electron chi connectivity index (χ0n) is 15.6. The van der Waals surface area contributed by atoms with Crippen LogP contribution in [0.3, 0.4) is 0 Å². The molecule has 0 radical (unpaired) electrons. The SMILES string of the molecule is C=CC(C)=NC(=O)NC1CSC(COC(=O)CN(C)Cc2ccccc2)O1. The molecule has 2 atom stereocenters. The van der Waals surface area contributed by atoms with Gasteiger partial charge in [0, 0.05) is 18.0 Å². The normalized spacial score (nSPS) is 19.7. The third-order valence-electron chi connectivity index (χ3n) is 3.68. The minimum absolute atomic E-state index is 0.143. The van der Waals surface area contributed by atoms with E-state index in [1.165, 1.54) is 17.8 Å². The summed E-state index contributed by atoms with van der Waals surface area (Å²) in [7, 11) is 1.87. The number of nitrogens with zero attached hydrogens (tertiary/aromatic N) is 2. The van der Waals surface area contributed by atoms with Crippen molar-refractivity contribution in [2.45, 2.75) is 25.1 Å². The molecule has 7 nitrogen and oxygen atoms in total. The number of urea groups is 1. The van der Waals surface area contributed by atoms with Gasteiger partial charge in [-0.2, -0.15) is 4.99 Å². The summed E-state index contributed by atoms with van der Waals surface area (Å²) in [6, 6.07) is 9.45. The maximum absolute atomic E-state index is 12.0. The molecule has 1 saturated heterocycles. The quantitative estimate of drug-likeness (QED) is 0.542. The van der Waals surface area contributed by atoms with Crippen LogP contribution in [0.5, 0.6) is 0 Å². The van der Waals surface area contributed by atoms with Crippen LogP contribution in [0.4, 0.5) is 4.79 Å². The van der Waals surface area contributed by atoms with Gasteiger partial charge < -0.3 is 14.8 Å². The number of thioether (sulfide) groups is 1. The molecule has 1 aliphatic heterocycles. The Morgan fingerprint density at radius 1 is 1.44 bits per heavy atom. The lowest BCUT2D eigenvalue weighted by Crippen LogP contribution is -2.35. The number of nitrogens with one attached hydrogen (secondary N) is 1. The monoisotopic (exact) mass is 391 g/mol. The molecule has 0 bridgehead atoms. The highest BCUT2D eigenvalue weighted by Gasteiger charge is 2.28. The molecule has 2 rings (SSSR count). The molecule has 27 heavy (non-hydrogen) atoms. The number of likely N-dealkylation sites (N-methyl/N-ethyl adjacent to an activating group) is 1. The Kier molecular flexibility index (Phi) is 8.50. The third kappa shape index (κ3) is 7.94. The zero-order valence-corrected chi connectivity index (χ0v) is 16.4. The van der Waals surface area contributed by atoms with Gasteiger partial charge in [0.2, 0.25) is 0 Å². The van der Waals surface area contributed by atoms with E-state index in [0.717, 1.165) is 5.56 Å². The molecule has 0 aliphatic carbocycles. The molecule has 146 valence electrons. The molecule has 8 heteroatoms. The minimum atomic E-state index is -0.474. The van der Waals surface area contributed by atoms with E-state index in [9.17, 15) is 9.59 Å². The fourth-order valence-electron chi connectivity index (χ4n) is 2.37. The number of rotatable bonds is 8. The van der Waals surface area contributed by atoms with Gasteiger partial charge >= 0.3 is 12.0 Å². The highest BCUT2D eigenvalue weighted by molar-refractivity contribution is 8.00. The molecule has 1 N–H and O–H groups in total. The first-order valence-corrected chi connectivity index (χ1v) is 9.64. The van der Waals surface area contributed by atoms with Crippen molar-refractivity contribution in [3.63, 3.8) is 0 Å². The highest BCUT2D eigenvalue weighted by atomic mass is 32.2. The first-order valence-electron chi connectivity index (χ1n) is 8.59. The van der Waals surface area contributed by atoms with Crippen molar-refractivity contribution in [2.24, 2.45) is 4.99 Å². The van der Waals surface area contributed by atoms with E-state index in [4.69, 9.17) is 9.47 Å². The lowest BCUT2D eigenvalue weighted by atomic mass is 10.2. The molecule has 1 heterocycles. The predicted molar refractivity (Wildman–Crippen MR) is 107 cm³/mol. The first-order chi connectivity index (χ1) is 13.0. The number of carbonyl (C=O) groups is 2. The van der Waals surface area contributed by atoms with Crippen molar-refractivity contribution in [3.05, 3.63) is 48.6 Å². The van der Waals surface area contributed by atoms with Gasteiger partial charge in [0.1, 0.15) is 18.3 Å². The predicted octanol–water partition coefficient (Wildman–Crippen LogP) is 2.43. The molecule has 1 fully saturated rings. The van der Waals surface area contributed by atoms with Crippen LogP contribution in [0.1, 0.15) is 12.5 Å². The van der Waals surface area contributed by atoms with Crippen molar-refractivity contribution in [1.29, 1.82) is 0 Å². The van der Waals surface area contributed by atoms with Gasteiger partial charge in [0.25, 0.3) is 0 Å². The van der Waals surface area contributed by atoms with Gasteiger partial charge in [-0.15, -0.1) is 11.8 Å². The zero-order chi connectivity index (χ0) is 19.6. The Morgan fingerprint density at radius 3 is 2.89 bits per heavy atom. The first kappa shape index (κ1) is 21.1. The van der Waals surface area contributed by atoms with Crippen molar-refractivity contribution in [1.82, 2.24) is 10.2 Å². The van der Waals surface area contributed by atoms with Gasteiger partial charge in [0.15, 0.2) is 0 Å². The highest BCUT2D eigenvalue weighted by Crippen LogP contribution is 2.24. The van der Waals surface area contributed by atoms with Gasteiger partial charge in [-0.05, 0) is 25.6 Å². The fourth-order valence-corrected chi connectivity index (χ4v) is 3.30. The van der Waals surface area contributed by atoms with E-state index in [1.807, 2.05) is 42.3 Å². The maximum Gasteiger partial charge on any atom is 0.343 e.